The topological polar surface area (TPSA) is 84.9 Å². The van der Waals surface area contributed by atoms with Crippen molar-refractivity contribution in [1.29, 1.82) is 0 Å². The van der Waals surface area contributed by atoms with Gasteiger partial charge in [-0.15, -0.1) is 0 Å². The monoisotopic (exact) mass is 458 g/mol. The number of hydrogen-bond donors (Lipinski definition) is 1. The molecular formula is C24H30N2O5S. The number of amides is 1. The van der Waals surface area contributed by atoms with Crippen LogP contribution in [0.2, 0.25) is 0 Å². The van der Waals surface area contributed by atoms with Crippen LogP contribution in [-0.2, 0) is 14.8 Å². The number of anilines is 1. The highest BCUT2D eigenvalue weighted by molar-refractivity contribution is 7.92. The van der Waals surface area contributed by atoms with Gasteiger partial charge in [-0.1, -0.05) is 25.3 Å². The normalized spacial score (nSPS) is 19.1. The maximum absolute atomic E-state index is 13.5. The van der Waals surface area contributed by atoms with E-state index in [-0.39, 0.29) is 17.3 Å². The molecule has 0 saturated heterocycles. The van der Waals surface area contributed by atoms with Crippen LogP contribution in [0.5, 0.6) is 11.5 Å². The number of aryl methyl sites for hydroxylation is 1. The Hall–Kier alpha value is -2.74. The molecule has 2 aromatic rings. The minimum Gasteiger partial charge on any atom is -0.497 e. The van der Waals surface area contributed by atoms with Crippen LogP contribution in [0.4, 0.5) is 5.69 Å². The van der Waals surface area contributed by atoms with Crippen molar-refractivity contribution in [2.24, 2.45) is 5.92 Å². The van der Waals surface area contributed by atoms with Gasteiger partial charge < -0.3 is 14.8 Å². The summed E-state index contributed by atoms with van der Waals surface area (Å²) < 4.78 is 39.4. The minimum atomic E-state index is -3.90. The molecule has 1 N–H and O–H groups in total. The predicted molar refractivity (Wildman–Crippen MR) is 123 cm³/mol. The molecule has 1 fully saturated rings. The summed E-state index contributed by atoms with van der Waals surface area (Å²) in [5.74, 6) is 1.15. The quantitative estimate of drug-likeness (QED) is 0.714. The van der Waals surface area contributed by atoms with E-state index in [1.54, 1.807) is 24.3 Å². The first kappa shape index (κ1) is 22.5. The van der Waals surface area contributed by atoms with Crippen molar-refractivity contribution in [1.82, 2.24) is 5.32 Å². The number of nitrogens with zero attached hydrogens (tertiary/aromatic N) is 1. The lowest BCUT2D eigenvalue weighted by Crippen LogP contribution is -2.51. The minimum absolute atomic E-state index is 0.0820. The maximum Gasteiger partial charge on any atom is 0.264 e. The summed E-state index contributed by atoms with van der Waals surface area (Å²) >= 11 is 0. The SMILES string of the molecule is COc1ccc(S(=O)(=O)N2CC(C(=O)NCC3CCCCC3)Oc3ccc(C)cc32)cc1. The van der Waals surface area contributed by atoms with Crippen molar-refractivity contribution in [3.8, 4) is 11.5 Å². The van der Waals surface area contributed by atoms with E-state index < -0.39 is 16.1 Å². The van der Waals surface area contributed by atoms with Crippen LogP contribution in [-0.4, -0.2) is 40.6 Å². The molecule has 8 heteroatoms. The first-order valence-electron chi connectivity index (χ1n) is 11.1. The molecule has 1 saturated carbocycles. The van der Waals surface area contributed by atoms with E-state index in [0.29, 0.717) is 29.6 Å². The predicted octanol–water partition coefficient (Wildman–Crippen LogP) is 3.66. The number of rotatable bonds is 6. The molecular weight excluding hydrogens is 428 g/mol. The molecule has 172 valence electrons. The zero-order chi connectivity index (χ0) is 22.7. The van der Waals surface area contributed by atoms with Gasteiger partial charge in [0.2, 0.25) is 0 Å². The fraction of sp³-hybridized carbons (Fsp3) is 0.458. The zero-order valence-electron chi connectivity index (χ0n) is 18.5. The largest absolute Gasteiger partial charge is 0.497 e. The van der Waals surface area contributed by atoms with Gasteiger partial charge in [0.15, 0.2) is 6.10 Å². The molecule has 7 nitrogen and oxygen atoms in total. The molecule has 32 heavy (non-hydrogen) atoms. The molecule has 4 rings (SSSR count). The van der Waals surface area contributed by atoms with Crippen molar-refractivity contribution >= 4 is 21.6 Å². The van der Waals surface area contributed by atoms with Crippen LogP contribution in [0.3, 0.4) is 0 Å². The lowest BCUT2D eigenvalue weighted by Gasteiger charge is -2.35. The molecule has 0 bridgehead atoms. The van der Waals surface area contributed by atoms with E-state index in [0.717, 1.165) is 18.4 Å². The van der Waals surface area contributed by atoms with E-state index in [1.165, 1.54) is 42.8 Å². The number of carbonyl (C=O) groups is 1. The van der Waals surface area contributed by atoms with Gasteiger partial charge in [-0.3, -0.25) is 9.10 Å². The van der Waals surface area contributed by atoms with E-state index in [2.05, 4.69) is 5.32 Å². The summed E-state index contributed by atoms with van der Waals surface area (Å²) in [7, 11) is -2.37. The van der Waals surface area contributed by atoms with Gasteiger partial charge in [0.05, 0.1) is 24.2 Å². The fourth-order valence-electron chi connectivity index (χ4n) is 4.35. The molecule has 1 atom stereocenters. The summed E-state index contributed by atoms with van der Waals surface area (Å²) in [5, 5.41) is 2.99. The van der Waals surface area contributed by atoms with Gasteiger partial charge in [-0.2, -0.15) is 0 Å². The molecule has 1 aliphatic heterocycles. The lowest BCUT2D eigenvalue weighted by molar-refractivity contribution is -0.128. The summed E-state index contributed by atoms with van der Waals surface area (Å²) in [6.07, 6.45) is 4.96. The highest BCUT2D eigenvalue weighted by atomic mass is 32.2. The average molecular weight is 459 g/mol. The van der Waals surface area contributed by atoms with Crippen molar-refractivity contribution < 1.29 is 22.7 Å². The molecule has 1 aliphatic carbocycles. The van der Waals surface area contributed by atoms with Gasteiger partial charge in [-0.25, -0.2) is 8.42 Å². The molecule has 1 heterocycles. The van der Waals surface area contributed by atoms with E-state index in [9.17, 15) is 13.2 Å². The Kier molecular flexibility index (Phi) is 6.60. The molecule has 0 radical (unpaired) electrons. The third-order valence-electron chi connectivity index (χ3n) is 6.21. The van der Waals surface area contributed by atoms with Gasteiger partial charge in [0, 0.05) is 6.54 Å². The number of carbonyl (C=O) groups excluding carboxylic acids is 1. The van der Waals surface area contributed by atoms with Gasteiger partial charge in [0.1, 0.15) is 11.5 Å². The fourth-order valence-corrected chi connectivity index (χ4v) is 5.82. The van der Waals surface area contributed by atoms with Crippen LogP contribution in [0.1, 0.15) is 37.7 Å². The Morgan fingerprint density at radius 1 is 1.12 bits per heavy atom. The summed E-state index contributed by atoms with van der Waals surface area (Å²) in [6, 6.07) is 11.6. The number of fused-ring (bicyclic) bond motifs is 1. The summed E-state index contributed by atoms with van der Waals surface area (Å²) in [6.45, 7) is 2.41. The first-order valence-corrected chi connectivity index (χ1v) is 12.5. The van der Waals surface area contributed by atoms with E-state index in [4.69, 9.17) is 9.47 Å². The average Bonchev–Trinajstić information content (AvgIpc) is 2.82. The van der Waals surface area contributed by atoms with Crippen LogP contribution in [0.25, 0.3) is 0 Å². The molecule has 2 aromatic carbocycles. The van der Waals surface area contributed by atoms with E-state index in [1.807, 2.05) is 13.0 Å². The number of hydrogen-bond acceptors (Lipinski definition) is 5. The van der Waals surface area contributed by atoms with Crippen LogP contribution >= 0.6 is 0 Å². The Bertz CT molecular complexity index is 1060. The second-order valence-corrected chi connectivity index (χ2v) is 10.4. The molecule has 1 amide bonds. The number of benzene rings is 2. The lowest BCUT2D eigenvalue weighted by atomic mass is 9.89. The van der Waals surface area contributed by atoms with Gasteiger partial charge in [-0.05, 0) is 67.6 Å². The molecule has 0 aromatic heterocycles. The van der Waals surface area contributed by atoms with Gasteiger partial charge >= 0.3 is 0 Å². The molecule has 0 spiro atoms. The first-order chi connectivity index (χ1) is 15.4. The Morgan fingerprint density at radius 3 is 2.53 bits per heavy atom. The summed E-state index contributed by atoms with van der Waals surface area (Å²) in [5.41, 5.74) is 1.35. The Morgan fingerprint density at radius 2 is 1.84 bits per heavy atom. The standard InChI is InChI=1S/C24H30N2O5S/c1-17-8-13-22-21(14-17)26(32(28,29)20-11-9-19(30-2)10-12-20)16-23(31-22)24(27)25-15-18-6-4-3-5-7-18/h8-14,18,23H,3-7,15-16H2,1-2H3,(H,25,27). The van der Waals surface area contributed by atoms with Crippen LogP contribution in [0.15, 0.2) is 47.4 Å². The number of nitrogens with one attached hydrogen (secondary N) is 1. The number of sulfonamides is 1. The molecule has 2 aliphatic rings. The van der Waals surface area contributed by atoms with Crippen LogP contribution < -0.4 is 19.1 Å². The van der Waals surface area contributed by atoms with Crippen LogP contribution in [0, 0.1) is 12.8 Å². The van der Waals surface area contributed by atoms with Crippen molar-refractivity contribution in [2.75, 3.05) is 24.5 Å². The molecule has 1 unspecified atom stereocenters. The maximum atomic E-state index is 13.5. The van der Waals surface area contributed by atoms with Crippen molar-refractivity contribution in [2.45, 2.75) is 50.0 Å². The summed E-state index contributed by atoms with van der Waals surface area (Å²) in [4.78, 5) is 13.1. The number of methoxy groups -OCH3 is 1. The van der Waals surface area contributed by atoms with Crippen molar-refractivity contribution in [3.63, 3.8) is 0 Å². The van der Waals surface area contributed by atoms with Gasteiger partial charge in [0.25, 0.3) is 15.9 Å². The smallest absolute Gasteiger partial charge is 0.264 e. The third-order valence-corrected chi connectivity index (χ3v) is 8.01. The zero-order valence-corrected chi connectivity index (χ0v) is 19.4. The highest BCUT2D eigenvalue weighted by Crippen LogP contribution is 2.38. The second kappa shape index (κ2) is 9.40. The van der Waals surface area contributed by atoms with Crippen molar-refractivity contribution in [3.05, 3.63) is 48.0 Å². The Balaban J connectivity index is 1.59. The highest BCUT2D eigenvalue weighted by Gasteiger charge is 2.37. The second-order valence-electron chi connectivity index (χ2n) is 8.54. The van der Waals surface area contributed by atoms with E-state index >= 15 is 0 Å². The third kappa shape index (κ3) is 4.70. The Labute approximate surface area is 189 Å². The number of ether oxygens (including phenoxy) is 2.